The van der Waals surface area contributed by atoms with Crippen LogP contribution in [0.15, 0.2) is 33.8 Å². The molecule has 1 aliphatic heterocycles. The molecule has 2 bridgehead atoms. The summed E-state index contributed by atoms with van der Waals surface area (Å²) < 4.78 is 19.5. The number of likely N-dealkylation sites (tertiary alicyclic amines) is 1. The van der Waals surface area contributed by atoms with Gasteiger partial charge in [-0.15, -0.1) is 0 Å². The van der Waals surface area contributed by atoms with E-state index in [9.17, 15) is 4.79 Å². The Labute approximate surface area is 244 Å². The summed E-state index contributed by atoms with van der Waals surface area (Å²) >= 11 is -2.62. The summed E-state index contributed by atoms with van der Waals surface area (Å²) in [4.78, 5) is 16.9. The van der Waals surface area contributed by atoms with Crippen molar-refractivity contribution in [2.45, 2.75) is 110 Å². The van der Waals surface area contributed by atoms with E-state index in [1.165, 1.54) is 51.8 Å². The second kappa shape index (κ2) is 12.0. The van der Waals surface area contributed by atoms with Crippen LogP contribution >= 0.6 is 0 Å². The van der Waals surface area contributed by atoms with Gasteiger partial charge in [0.15, 0.2) is 0 Å². The average molecular weight is 663 g/mol. The molecule has 1 saturated carbocycles. The molecule has 4 aliphatic rings. The number of ether oxygens (including phenoxy) is 2. The van der Waals surface area contributed by atoms with E-state index in [4.69, 9.17) is 9.47 Å². The van der Waals surface area contributed by atoms with E-state index in [1.54, 1.807) is 14.2 Å². The van der Waals surface area contributed by atoms with Crippen LogP contribution in [0.2, 0.25) is 38.5 Å². The molecule has 0 aromatic carbocycles. The van der Waals surface area contributed by atoms with Gasteiger partial charge in [-0.3, -0.25) is 0 Å². The van der Waals surface area contributed by atoms with Gasteiger partial charge < -0.3 is 0 Å². The first-order chi connectivity index (χ1) is 18.5. The van der Waals surface area contributed by atoms with Gasteiger partial charge in [-0.1, -0.05) is 0 Å². The Kier molecular flexibility index (Phi) is 9.65. The van der Waals surface area contributed by atoms with Gasteiger partial charge in [-0.05, 0) is 0 Å². The number of fused-ring (bicyclic) bond motifs is 3. The van der Waals surface area contributed by atoms with Crippen molar-refractivity contribution in [3.8, 4) is 0 Å². The van der Waals surface area contributed by atoms with Crippen LogP contribution in [-0.4, -0.2) is 70.5 Å². The molecule has 220 valence electrons. The summed E-state index contributed by atoms with van der Waals surface area (Å²) in [5.74, 6) is 2.21. The molecule has 6 atom stereocenters. The maximum atomic E-state index is 14.4. The van der Waals surface area contributed by atoms with Gasteiger partial charge in [0.2, 0.25) is 0 Å². The molecule has 2 fully saturated rings. The molecule has 0 unspecified atom stereocenters. The Balaban J connectivity index is 1.96. The van der Waals surface area contributed by atoms with E-state index >= 15 is 0 Å². The van der Waals surface area contributed by atoms with Gasteiger partial charge in [0, 0.05) is 0 Å². The van der Waals surface area contributed by atoms with Gasteiger partial charge in [0.1, 0.15) is 0 Å². The number of hydrogen-bond acceptors (Lipinski definition) is 4. The minimum absolute atomic E-state index is 0.0146. The third-order valence-electron chi connectivity index (χ3n) is 11.3. The molecule has 0 aromatic heterocycles. The Hall–Kier alpha value is -0.534. The fourth-order valence-corrected chi connectivity index (χ4v) is 26.9. The molecule has 0 amide bonds. The molecule has 39 heavy (non-hydrogen) atoms. The van der Waals surface area contributed by atoms with Crippen molar-refractivity contribution >= 4 is 32.2 Å². The molecule has 1 heterocycles. The van der Waals surface area contributed by atoms with Crippen LogP contribution in [0, 0.1) is 23.2 Å². The van der Waals surface area contributed by atoms with Crippen LogP contribution in [0.4, 0.5) is 0 Å². The third-order valence-corrected chi connectivity index (χ3v) is 28.1. The van der Waals surface area contributed by atoms with Crippen LogP contribution in [0.3, 0.4) is 0 Å². The zero-order chi connectivity index (χ0) is 28.6. The van der Waals surface area contributed by atoms with E-state index in [1.807, 2.05) is 0 Å². The number of methoxy groups -OCH3 is 2. The second-order valence-corrected chi connectivity index (χ2v) is 32.7. The number of unbranched alkanes of at least 4 members (excludes halogenated alkanes) is 3. The fourth-order valence-electron chi connectivity index (χ4n) is 9.62. The molecule has 0 aromatic rings. The Morgan fingerprint density at radius 1 is 1.00 bits per heavy atom. The van der Waals surface area contributed by atoms with Gasteiger partial charge in [-0.25, -0.2) is 0 Å². The number of carbonyl (C=O) groups is 1. The first-order valence-electron chi connectivity index (χ1n) is 16.0. The van der Waals surface area contributed by atoms with Crippen LogP contribution in [0.1, 0.15) is 65.7 Å². The second-order valence-electron chi connectivity index (χ2n) is 14.3. The molecule has 1 saturated heterocycles. The van der Waals surface area contributed by atoms with E-state index in [0.717, 1.165) is 18.7 Å². The normalized spacial score (nSPS) is 34.3. The van der Waals surface area contributed by atoms with Crippen molar-refractivity contribution in [3.05, 3.63) is 33.8 Å². The average Bonchev–Trinajstić information content (AvgIpc) is 3.56. The van der Waals surface area contributed by atoms with Gasteiger partial charge in [0.05, 0.1) is 0 Å². The quantitative estimate of drug-likeness (QED) is 0.139. The predicted octanol–water partition coefficient (Wildman–Crippen LogP) is 8.22. The van der Waals surface area contributed by atoms with Crippen LogP contribution < -0.4 is 0 Å². The van der Waals surface area contributed by atoms with E-state index in [-0.39, 0.29) is 17.1 Å². The van der Waals surface area contributed by atoms with Crippen molar-refractivity contribution in [3.63, 3.8) is 0 Å². The predicted molar refractivity (Wildman–Crippen MR) is 169 cm³/mol. The van der Waals surface area contributed by atoms with Crippen LogP contribution in [0.5, 0.6) is 0 Å². The zero-order valence-electron chi connectivity index (χ0n) is 26.6. The summed E-state index contributed by atoms with van der Waals surface area (Å²) in [6.07, 6.45) is 16.6. The first kappa shape index (κ1) is 31.4. The Morgan fingerprint density at radius 2 is 1.59 bits per heavy atom. The zero-order valence-corrected chi connectivity index (χ0v) is 30.4. The van der Waals surface area contributed by atoms with Crippen molar-refractivity contribution in [2.24, 2.45) is 23.2 Å². The molecule has 1 spiro atoms. The molecule has 0 N–H and O–H groups in total. The van der Waals surface area contributed by atoms with Crippen molar-refractivity contribution < 1.29 is 14.3 Å². The third kappa shape index (κ3) is 4.76. The molecule has 6 heteroatoms. The summed E-state index contributed by atoms with van der Waals surface area (Å²) in [7, 11) is 4.20. The molecular weight excluding hydrogens is 605 g/mol. The molecule has 4 rings (SSSR count). The van der Waals surface area contributed by atoms with Crippen LogP contribution in [0.25, 0.3) is 0 Å². The monoisotopic (exact) mass is 663 g/mol. The number of allylic oxidation sites excluding steroid dienone is 3. The number of carbonyl (C=O) groups excluding carboxylic acids is 1. The number of nitrogens with zero attached hydrogens (tertiary/aromatic N) is 1. The summed E-state index contributed by atoms with van der Waals surface area (Å²) in [6, 6.07) is 0. The molecule has 4 nitrogen and oxygen atoms in total. The van der Waals surface area contributed by atoms with Gasteiger partial charge in [0.25, 0.3) is 0 Å². The number of rotatable bonds is 14. The standard InChI is InChI=1S/C21H30NO3Si.3C4H9.Sn/c1-8-21-19(25-4)17(24-3)16(23)15-13-9-10-14(18(13)26(5,6)7)20(15,21)11-12-22(21)2;3*1-3-4-2;/h1,8-10,13-15,18H,11-12H2,2-7H3;3*1,3-4H2,2H3;/t13-,14-,15-,18-,20-,21-;;;;/m1..../s1. The van der Waals surface area contributed by atoms with Crippen LogP contribution in [-0.2, 0) is 14.3 Å². The van der Waals surface area contributed by atoms with E-state index in [0.29, 0.717) is 23.1 Å². The Morgan fingerprint density at radius 3 is 2.08 bits per heavy atom. The van der Waals surface area contributed by atoms with E-state index < -0.39 is 32.0 Å². The molecule has 0 radical (unpaired) electrons. The van der Waals surface area contributed by atoms with Gasteiger partial charge in [-0.2, -0.15) is 0 Å². The van der Waals surface area contributed by atoms with Crippen molar-refractivity contribution in [2.75, 3.05) is 27.8 Å². The summed E-state index contributed by atoms with van der Waals surface area (Å²) in [6.45, 7) is 15.6. The number of ketones is 1. The van der Waals surface area contributed by atoms with Crippen molar-refractivity contribution in [1.82, 2.24) is 4.90 Å². The SMILES string of the molecule is CCC[CH2][Sn](/[CH]=C/[C@@]12C(OC)=C(OC)C(=O)[C@H]3[C@H]4C=C[C@H]([C@@H]4[Si](C)(C)C)[C@]31CCN2C)([CH2]CCC)[CH2]CCC. The molecule has 3 aliphatic carbocycles. The van der Waals surface area contributed by atoms with Crippen molar-refractivity contribution in [1.29, 1.82) is 0 Å². The molecular formula is C33H57NO3SiSn. The maximum absolute atomic E-state index is 14.4. The summed E-state index contributed by atoms with van der Waals surface area (Å²) in [5.41, 5.74) is 0.0273. The number of likely N-dealkylation sites (N-methyl/N-ethyl adjacent to an activating group) is 1. The fraction of sp³-hybridized carbons (Fsp3) is 0.788. The van der Waals surface area contributed by atoms with E-state index in [2.05, 4.69) is 74.7 Å². The number of hydrogen-bond donors (Lipinski definition) is 0. The van der Waals surface area contributed by atoms with Gasteiger partial charge >= 0.3 is 246 Å². The minimum atomic E-state index is -2.62. The Bertz CT molecular complexity index is 978. The number of Topliss-reactive ketones (excluding diaryl/α,β-unsaturated/α-hetero) is 1. The first-order valence-corrected chi connectivity index (χ1v) is 27.3. The topological polar surface area (TPSA) is 38.8 Å². The summed E-state index contributed by atoms with van der Waals surface area (Å²) in [5, 5.41) is 0.